The topological polar surface area (TPSA) is 91.1 Å². The van der Waals surface area contributed by atoms with Crippen LogP contribution in [-0.4, -0.2) is 47.9 Å². The number of hydrogen-bond donors (Lipinski definition) is 1. The lowest BCUT2D eigenvalue weighted by atomic mass is 9.89. The van der Waals surface area contributed by atoms with Gasteiger partial charge in [0.25, 0.3) is 0 Å². The van der Waals surface area contributed by atoms with Gasteiger partial charge >= 0.3 is 0 Å². The van der Waals surface area contributed by atoms with Crippen LogP contribution in [0.15, 0.2) is 16.6 Å². The monoisotopic (exact) mass is 415 g/mol. The molecule has 0 bridgehead atoms. The summed E-state index contributed by atoms with van der Waals surface area (Å²) in [5, 5.41) is 15.6. The van der Waals surface area contributed by atoms with E-state index in [9.17, 15) is 10.1 Å². The molecule has 0 spiro atoms. The van der Waals surface area contributed by atoms with Crippen molar-refractivity contribution in [2.24, 2.45) is 0 Å². The lowest BCUT2D eigenvalue weighted by Gasteiger charge is -2.32. The molecular weight excluding hydrogens is 394 g/mol. The van der Waals surface area contributed by atoms with Crippen molar-refractivity contribution >= 4 is 40.0 Å². The standard InChI is InChI=1S/C19H21N5O2S2/c20-11-15-13-3-1-2-4-14(13)17(24-6-8-26-9-7-24)23-18(15)28-12-16(25)22-19-21-5-10-27-19/h5,10H,1-4,6-9,12H2,(H,21,22,25). The van der Waals surface area contributed by atoms with Gasteiger partial charge < -0.3 is 15.0 Å². The highest BCUT2D eigenvalue weighted by molar-refractivity contribution is 8.00. The molecule has 0 radical (unpaired) electrons. The molecule has 2 aliphatic rings. The van der Waals surface area contributed by atoms with Gasteiger partial charge in [0.05, 0.1) is 24.5 Å². The van der Waals surface area contributed by atoms with E-state index in [1.165, 1.54) is 28.7 Å². The van der Waals surface area contributed by atoms with Gasteiger partial charge in [0.2, 0.25) is 5.91 Å². The van der Waals surface area contributed by atoms with E-state index in [-0.39, 0.29) is 11.7 Å². The molecule has 2 aromatic heterocycles. The number of anilines is 2. The molecule has 2 aromatic rings. The maximum Gasteiger partial charge on any atom is 0.236 e. The summed E-state index contributed by atoms with van der Waals surface area (Å²) in [5.74, 6) is 1.03. The molecule has 1 fully saturated rings. The number of carbonyl (C=O) groups excluding carboxylic acids is 1. The Kier molecular flexibility index (Phi) is 6.10. The number of amides is 1. The van der Waals surface area contributed by atoms with E-state index in [4.69, 9.17) is 9.72 Å². The molecule has 7 nitrogen and oxygen atoms in total. The number of rotatable bonds is 5. The second-order valence-electron chi connectivity index (χ2n) is 6.67. The van der Waals surface area contributed by atoms with Crippen LogP contribution in [0.5, 0.6) is 0 Å². The predicted molar refractivity (Wildman–Crippen MR) is 110 cm³/mol. The van der Waals surface area contributed by atoms with Gasteiger partial charge in [-0.15, -0.1) is 11.3 Å². The van der Waals surface area contributed by atoms with E-state index in [0.29, 0.717) is 28.9 Å². The Hall–Kier alpha value is -2.15. The van der Waals surface area contributed by atoms with Crippen molar-refractivity contribution in [1.29, 1.82) is 5.26 Å². The quantitative estimate of drug-likeness (QED) is 0.751. The molecule has 28 heavy (non-hydrogen) atoms. The van der Waals surface area contributed by atoms with Crippen LogP contribution in [0.4, 0.5) is 10.9 Å². The van der Waals surface area contributed by atoms with Gasteiger partial charge in [0.15, 0.2) is 5.13 Å². The first-order chi connectivity index (χ1) is 13.8. The fourth-order valence-electron chi connectivity index (χ4n) is 3.61. The summed E-state index contributed by atoms with van der Waals surface area (Å²) in [6.45, 7) is 2.99. The summed E-state index contributed by atoms with van der Waals surface area (Å²) in [6.07, 6.45) is 5.72. The minimum atomic E-state index is -0.142. The van der Waals surface area contributed by atoms with E-state index in [2.05, 4.69) is 21.3 Å². The third-order valence-corrected chi connectivity index (χ3v) is 6.57. The highest BCUT2D eigenvalue weighted by Crippen LogP contribution is 2.36. The maximum atomic E-state index is 12.3. The van der Waals surface area contributed by atoms with Crippen LogP contribution in [0, 0.1) is 11.3 Å². The first kappa shape index (κ1) is 19.2. The molecule has 1 amide bonds. The van der Waals surface area contributed by atoms with Crippen LogP contribution in [0.1, 0.15) is 29.5 Å². The third-order valence-electron chi connectivity index (χ3n) is 4.90. The minimum absolute atomic E-state index is 0.142. The van der Waals surface area contributed by atoms with Crippen molar-refractivity contribution in [1.82, 2.24) is 9.97 Å². The molecule has 1 aliphatic carbocycles. The summed E-state index contributed by atoms with van der Waals surface area (Å²) in [5.41, 5.74) is 2.97. The molecule has 0 atom stereocenters. The zero-order chi connectivity index (χ0) is 19.3. The zero-order valence-corrected chi connectivity index (χ0v) is 17.1. The van der Waals surface area contributed by atoms with Gasteiger partial charge in [-0.1, -0.05) is 11.8 Å². The molecule has 1 N–H and O–H groups in total. The number of nitrogens with one attached hydrogen (secondary N) is 1. The summed E-state index contributed by atoms with van der Waals surface area (Å²) >= 11 is 2.71. The Morgan fingerprint density at radius 1 is 1.32 bits per heavy atom. The van der Waals surface area contributed by atoms with Gasteiger partial charge in [0, 0.05) is 24.7 Å². The third kappa shape index (κ3) is 4.14. The molecule has 1 aliphatic heterocycles. The summed E-state index contributed by atoms with van der Waals surface area (Å²) in [7, 11) is 0. The fourth-order valence-corrected chi connectivity index (χ4v) is 4.96. The number of thiazole rings is 1. The number of carbonyl (C=O) groups is 1. The predicted octanol–water partition coefficient (Wildman–Crippen LogP) is 2.86. The van der Waals surface area contributed by atoms with Gasteiger partial charge in [-0.25, -0.2) is 9.97 Å². The highest BCUT2D eigenvalue weighted by Gasteiger charge is 2.26. The average Bonchev–Trinajstić information content (AvgIpc) is 3.25. The van der Waals surface area contributed by atoms with Gasteiger partial charge in [-0.3, -0.25) is 4.79 Å². The number of morpholine rings is 1. The van der Waals surface area contributed by atoms with Crippen molar-refractivity contribution in [3.05, 3.63) is 28.3 Å². The molecular formula is C19H21N5O2S2. The average molecular weight is 416 g/mol. The molecule has 4 rings (SSSR count). The molecule has 1 saturated heterocycles. The Bertz CT molecular complexity index is 889. The van der Waals surface area contributed by atoms with Gasteiger partial charge in [-0.2, -0.15) is 5.26 Å². The normalized spacial score (nSPS) is 16.3. The first-order valence-corrected chi connectivity index (χ1v) is 11.2. The molecule has 0 aromatic carbocycles. The summed E-state index contributed by atoms with van der Waals surface area (Å²) in [4.78, 5) is 23.5. The van der Waals surface area contributed by atoms with Crippen molar-refractivity contribution in [3.8, 4) is 6.07 Å². The lowest BCUT2D eigenvalue weighted by molar-refractivity contribution is -0.113. The molecule has 3 heterocycles. The molecule has 0 saturated carbocycles. The second-order valence-corrected chi connectivity index (χ2v) is 8.52. The smallest absolute Gasteiger partial charge is 0.236 e. The van der Waals surface area contributed by atoms with Crippen LogP contribution in [-0.2, 0) is 22.4 Å². The van der Waals surface area contributed by atoms with Gasteiger partial charge in [0.1, 0.15) is 16.9 Å². The van der Waals surface area contributed by atoms with E-state index in [1.807, 2.05) is 5.38 Å². The highest BCUT2D eigenvalue weighted by atomic mass is 32.2. The van der Waals surface area contributed by atoms with Crippen molar-refractivity contribution in [3.63, 3.8) is 0 Å². The maximum absolute atomic E-state index is 12.3. The van der Waals surface area contributed by atoms with E-state index < -0.39 is 0 Å². The minimum Gasteiger partial charge on any atom is -0.378 e. The number of aromatic nitrogens is 2. The number of nitriles is 1. The lowest BCUT2D eigenvalue weighted by Crippen LogP contribution is -2.38. The van der Waals surface area contributed by atoms with E-state index in [1.54, 1.807) is 6.20 Å². The molecule has 0 unspecified atom stereocenters. The Labute approximate surface area is 172 Å². The van der Waals surface area contributed by atoms with Crippen LogP contribution >= 0.6 is 23.1 Å². The summed E-state index contributed by atoms with van der Waals surface area (Å²) < 4.78 is 5.48. The number of hydrogen-bond acceptors (Lipinski definition) is 8. The van der Waals surface area contributed by atoms with Crippen molar-refractivity contribution in [2.75, 3.05) is 42.3 Å². The first-order valence-electron chi connectivity index (χ1n) is 9.37. The Balaban J connectivity index is 1.60. The molecule has 9 heteroatoms. The van der Waals surface area contributed by atoms with Crippen LogP contribution < -0.4 is 10.2 Å². The van der Waals surface area contributed by atoms with Gasteiger partial charge in [-0.05, 0) is 36.8 Å². The number of fused-ring (bicyclic) bond motifs is 1. The van der Waals surface area contributed by atoms with E-state index >= 15 is 0 Å². The Morgan fingerprint density at radius 2 is 2.11 bits per heavy atom. The fraction of sp³-hybridized carbons (Fsp3) is 0.474. The Morgan fingerprint density at radius 3 is 2.82 bits per heavy atom. The van der Waals surface area contributed by atoms with Crippen molar-refractivity contribution in [2.45, 2.75) is 30.7 Å². The van der Waals surface area contributed by atoms with Crippen molar-refractivity contribution < 1.29 is 9.53 Å². The molecule has 146 valence electrons. The zero-order valence-electron chi connectivity index (χ0n) is 15.4. The van der Waals surface area contributed by atoms with Crippen LogP contribution in [0.3, 0.4) is 0 Å². The largest absolute Gasteiger partial charge is 0.378 e. The second kappa shape index (κ2) is 8.90. The van der Waals surface area contributed by atoms with Crippen LogP contribution in [0.2, 0.25) is 0 Å². The SMILES string of the molecule is N#Cc1c(SCC(=O)Nc2nccs2)nc(N2CCOCC2)c2c1CCCC2. The van der Waals surface area contributed by atoms with Crippen LogP contribution in [0.25, 0.3) is 0 Å². The number of nitrogens with zero attached hydrogens (tertiary/aromatic N) is 4. The summed E-state index contributed by atoms with van der Waals surface area (Å²) in [6, 6.07) is 2.35. The number of ether oxygens (including phenoxy) is 1. The number of thioether (sulfide) groups is 1. The number of pyridine rings is 1. The van der Waals surface area contributed by atoms with E-state index in [0.717, 1.165) is 50.2 Å².